The zero-order valence-corrected chi connectivity index (χ0v) is 13.6. The van der Waals surface area contributed by atoms with Gasteiger partial charge in [-0.25, -0.2) is 0 Å². The lowest BCUT2D eigenvalue weighted by molar-refractivity contribution is 0.516. The SMILES string of the molecule is Cc1cc(C(CCc2ccccc2)NN)cc(C)c1Br. The summed E-state index contributed by atoms with van der Waals surface area (Å²) in [4.78, 5) is 0. The summed E-state index contributed by atoms with van der Waals surface area (Å²) < 4.78 is 1.18. The first kappa shape index (κ1) is 15.2. The van der Waals surface area contributed by atoms with E-state index in [1.165, 1.54) is 26.7 Å². The Kier molecular flexibility index (Phi) is 5.35. The van der Waals surface area contributed by atoms with Crippen molar-refractivity contribution in [3.05, 3.63) is 69.2 Å². The van der Waals surface area contributed by atoms with Gasteiger partial charge in [-0.05, 0) is 48.9 Å². The molecule has 2 aromatic carbocycles. The smallest absolute Gasteiger partial charge is 0.0463 e. The highest BCUT2D eigenvalue weighted by Crippen LogP contribution is 2.27. The molecule has 20 heavy (non-hydrogen) atoms. The van der Waals surface area contributed by atoms with Crippen LogP contribution in [0, 0.1) is 13.8 Å². The van der Waals surface area contributed by atoms with Crippen molar-refractivity contribution in [1.82, 2.24) is 5.43 Å². The predicted octanol–water partition coefficient (Wildman–Crippen LogP) is 4.20. The number of halogens is 1. The van der Waals surface area contributed by atoms with Crippen molar-refractivity contribution in [3.8, 4) is 0 Å². The largest absolute Gasteiger partial charge is 0.271 e. The molecule has 0 heterocycles. The molecule has 3 heteroatoms. The van der Waals surface area contributed by atoms with Gasteiger partial charge in [-0.1, -0.05) is 58.4 Å². The van der Waals surface area contributed by atoms with E-state index in [1.807, 2.05) is 6.07 Å². The standard InChI is InChI=1S/C17H21BrN2/c1-12-10-15(11-13(2)17(12)18)16(20-19)9-8-14-6-4-3-5-7-14/h3-7,10-11,16,20H,8-9,19H2,1-2H3. The lowest BCUT2D eigenvalue weighted by atomic mass is 9.96. The van der Waals surface area contributed by atoms with Gasteiger partial charge in [-0.2, -0.15) is 0 Å². The van der Waals surface area contributed by atoms with Crippen LogP contribution >= 0.6 is 15.9 Å². The average molecular weight is 333 g/mol. The molecule has 0 aromatic heterocycles. The van der Waals surface area contributed by atoms with E-state index in [9.17, 15) is 0 Å². The molecule has 106 valence electrons. The van der Waals surface area contributed by atoms with E-state index in [4.69, 9.17) is 5.84 Å². The number of hydrogen-bond acceptors (Lipinski definition) is 2. The number of hydrogen-bond donors (Lipinski definition) is 2. The molecule has 0 radical (unpaired) electrons. The van der Waals surface area contributed by atoms with Crippen molar-refractivity contribution >= 4 is 15.9 Å². The Balaban J connectivity index is 2.12. The van der Waals surface area contributed by atoms with Crippen LogP contribution in [0.2, 0.25) is 0 Å². The maximum Gasteiger partial charge on any atom is 0.0463 e. The van der Waals surface area contributed by atoms with Gasteiger partial charge in [0.05, 0.1) is 0 Å². The molecule has 0 fully saturated rings. The third kappa shape index (κ3) is 3.69. The summed E-state index contributed by atoms with van der Waals surface area (Å²) in [6, 6.07) is 15.1. The van der Waals surface area contributed by atoms with Crippen LogP contribution in [0.25, 0.3) is 0 Å². The fourth-order valence-electron chi connectivity index (χ4n) is 2.48. The minimum atomic E-state index is 0.181. The Morgan fingerprint density at radius 2 is 1.70 bits per heavy atom. The van der Waals surface area contributed by atoms with Crippen LogP contribution < -0.4 is 11.3 Å². The first-order valence-electron chi connectivity index (χ1n) is 6.88. The zero-order chi connectivity index (χ0) is 14.5. The fourth-order valence-corrected chi connectivity index (χ4v) is 2.71. The number of rotatable bonds is 5. The summed E-state index contributed by atoms with van der Waals surface area (Å²) in [6.07, 6.45) is 2.00. The van der Waals surface area contributed by atoms with Crippen LogP contribution in [0.1, 0.15) is 34.7 Å². The van der Waals surface area contributed by atoms with Crippen LogP contribution in [0.5, 0.6) is 0 Å². The zero-order valence-electron chi connectivity index (χ0n) is 12.0. The molecular formula is C17H21BrN2. The van der Waals surface area contributed by atoms with Crippen molar-refractivity contribution in [2.45, 2.75) is 32.7 Å². The molecule has 0 saturated heterocycles. The molecule has 0 saturated carbocycles. The van der Waals surface area contributed by atoms with E-state index in [0.29, 0.717) is 0 Å². The van der Waals surface area contributed by atoms with E-state index in [0.717, 1.165) is 12.8 Å². The molecule has 0 aliphatic rings. The molecule has 2 aromatic rings. The van der Waals surface area contributed by atoms with Crippen molar-refractivity contribution in [3.63, 3.8) is 0 Å². The van der Waals surface area contributed by atoms with Gasteiger partial charge < -0.3 is 0 Å². The van der Waals surface area contributed by atoms with Crippen molar-refractivity contribution in [2.24, 2.45) is 5.84 Å². The summed E-state index contributed by atoms with van der Waals surface area (Å²) in [6.45, 7) is 4.23. The Hall–Kier alpha value is -1.16. The number of benzene rings is 2. The van der Waals surface area contributed by atoms with Gasteiger partial charge in [-0.15, -0.1) is 0 Å². The van der Waals surface area contributed by atoms with Gasteiger partial charge in [-0.3, -0.25) is 11.3 Å². The molecular weight excluding hydrogens is 312 g/mol. The van der Waals surface area contributed by atoms with Crippen LogP contribution in [0.15, 0.2) is 46.9 Å². The maximum absolute atomic E-state index is 5.75. The first-order chi connectivity index (χ1) is 9.61. The van der Waals surface area contributed by atoms with Gasteiger partial charge in [0.2, 0.25) is 0 Å². The summed E-state index contributed by atoms with van der Waals surface area (Å²) in [7, 11) is 0. The Labute approximate surface area is 129 Å². The lowest BCUT2D eigenvalue weighted by Gasteiger charge is -2.18. The molecule has 2 nitrogen and oxygen atoms in total. The van der Waals surface area contributed by atoms with Gasteiger partial charge in [0, 0.05) is 10.5 Å². The summed E-state index contributed by atoms with van der Waals surface area (Å²) in [5.74, 6) is 5.75. The van der Waals surface area contributed by atoms with E-state index < -0.39 is 0 Å². The molecule has 2 rings (SSSR count). The van der Waals surface area contributed by atoms with E-state index in [1.54, 1.807) is 0 Å². The Morgan fingerprint density at radius 3 is 2.25 bits per heavy atom. The molecule has 0 spiro atoms. The monoisotopic (exact) mass is 332 g/mol. The van der Waals surface area contributed by atoms with Crippen LogP contribution in [0.4, 0.5) is 0 Å². The highest BCUT2D eigenvalue weighted by Gasteiger charge is 2.12. The predicted molar refractivity (Wildman–Crippen MR) is 88.4 cm³/mol. The number of nitrogens with two attached hydrogens (primary N) is 1. The highest BCUT2D eigenvalue weighted by molar-refractivity contribution is 9.10. The quantitative estimate of drug-likeness (QED) is 0.636. The number of nitrogens with one attached hydrogen (secondary N) is 1. The van der Waals surface area contributed by atoms with Gasteiger partial charge in [0.15, 0.2) is 0 Å². The highest BCUT2D eigenvalue weighted by atomic mass is 79.9. The second kappa shape index (κ2) is 7.02. The second-order valence-corrected chi connectivity index (χ2v) is 6.01. The average Bonchev–Trinajstić information content (AvgIpc) is 2.46. The summed E-state index contributed by atoms with van der Waals surface area (Å²) in [5.41, 5.74) is 8.04. The molecule has 0 bridgehead atoms. The fraction of sp³-hybridized carbons (Fsp3) is 0.294. The molecule has 0 aliphatic carbocycles. The third-order valence-electron chi connectivity index (χ3n) is 3.63. The summed E-state index contributed by atoms with van der Waals surface area (Å²) in [5, 5.41) is 0. The number of aryl methyl sites for hydroxylation is 3. The van der Waals surface area contributed by atoms with Gasteiger partial charge in [0.25, 0.3) is 0 Å². The van der Waals surface area contributed by atoms with E-state index in [2.05, 4.69) is 71.6 Å². The van der Waals surface area contributed by atoms with Crippen LogP contribution in [0.3, 0.4) is 0 Å². The third-order valence-corrected chi connectivity index (χ3v) is 4.88. The molecule has 1 atom stereocenters. The van der Waals surface area contributed by atoms with E-state index in [-0.39, 0.29) is 6.04 Å². The van der Waals surface area contributed by atoms with Crippen LogP contribution in [-0.2, 0) is 6.42 Å². The minimum Gasteiger partial charge on any atom is -0.271 e. The maximum atomic E-state index is 5.75. The van der Waals surface area contributed by atoms with Crippen molar-refractivity contribution < 1.29 is 0 Å². The minimum absolute atomic E-state index is 0.181. The van der Waals surface area contributed by atoms with Crippen molar-refractivity contribution in [1.29, 1.82) is 0 Å². The van der Waals surface area contributed by atoms with E-state index >= 15 is 0 Å². The van der Waals surface area contributed by atoms with Crippen LogP contribution in [-0.4, -0.2) is 0 Å². The normalized spacial score (nSPS) is 12.4. The lowest BCUT2D eigenvalue weighted by Crippen LogP contribution is -2.28. The van der Waals surface area contributed by atoms with Gasteiger partial charge >= 0.3 is 0 Å². The molecule has 0 aliphatic heterocycles. The first-order valence-corrected chi connectivity index (χ1v) is 7.68. The van der Waals surface area contributed by atoms with Crippen molar-refractivity contribution in [2.75, 3.05) is 0 Å². The number of hydrazine groups is 1. The van der Waals surface area contributed by atoms with Gasteiger partial charge in [0.1, 0.15) is 0 Å². The summed E-state index contributed by atoms with van der Waals surface area (Å²) >= 11 is 3.61. The molecule has 1 unspecified atom stereocenters. The topological polar surface area (TPSA) is 38.0 Å². The molecule has 3 N–H and O–H groups in total. The Morgan fingerprint density at radius 1 is 1.10 bits per heavy atom. The second-order valence-electron chi connectivity index (χ2n) is 5.21. The Bertz CT molecular complexity index is 543. The molecule has 0 amide bonds.